The third kappa shape index (κ3) is 5.23. The van der Waals surface area contributed by atoms with E-state index in [1.807, 2.05) is 60.7 Å². The van der Waals surface area contributed by atoms with Crippen molar-refractivity contribution in [2.75, 3.05) is 6.61 Å². The predicted octanol–water partition coefficient (Wildman–Crippen LogP) is 3.64. The molecule has 6 heteroatoms. The fourth-order valence-corrected chi connectivity index (χ4v) is 2.49. The van der Waals surface area contributed by atoms with Gasteiger partial charge in [-0.05, 0) is 17.2 Å². The predicted molar refractivity (Wildman–Crippen MR) is 100 cm³/mol. The Morgan fingerprint density at radius 2 is 1.43 bits per heavy atom. The zero-order valence-corrected chi connectivity index (χ0v) is 15.4. The first kappa shape index (κ1) is 19.2. The number of rotatable bonds is 8. The SMILES string of the molecule is CC(=O)OC/C=C1/OC(=O)C(OCc2ccccc2)=C1OCc1ccccc1. The van der Waals surface area contributed by atoms with E-state index in [2.05, 4.69) is 0 Å². The summed E-state index contributed by atoms with van der Waals surface area (Å²) in [6.07, 6.45) is 1.47. The zero-order valence-electron chi connectivity index (χ0n) is 15.4. The molecule has 0 radical (unpaired) electrons. The third-order valence-electron chi connectivity index (χ3n) is 3.83. The molecule has 144 valence electrons. The van der Waals surface area contributed by atoms with Crippen molar-refractivity contribution in [3.8, 4) is 0 Å². The highest BCUT2D eigenvalue weighted by Gasteiger charge is 2.34. The van der Waals surface area contributed by atoms with Gasteiger partial charge in [0.1, 0.15) is 19.8 Å². The summed E-state index contributed by atoms with van der Waals surface area (Å²) in [5, 5.41) is 0. The van der Waals surface area contributed by atoms with Crippen molar-refractivity contribution in [2.45, 2.75) is 20.1 Å². The average Bonchev–Trinajstić information content (AvgIpc) is 3.00. The Labute approximate surface area is 163 Å². The molecule has 0 bridgehead atoms. The topological polar surface area (TPSA) is 71.1 Å². The second kappa shape index (κ2) is 9.41. The molecule has 0 fully saturated rings. The molecular weight excluding hydrogens is 360 g/mol. The number of cyclic esters (lactones) is 1. The smallest absolute Gasteiger partial charge is 0.383 e. The van der Waals surface area contributed by atoms with Crippen LogP contribution in [0.1, 0.15) is 18.1 Å². The number of hydrogen-bond donors (Lipinski definition) is 0. The van der Waals surface area contributed by atoms with E-state index in [-0.39, 0.29) is 37.1 Å². The van der Waals surface area contributed by atoms with Crippen LogP contribution in [0.25, 0.3) is 0 Å². The van der Waals surface area contributed by atoms with Crippen LogP contribution >= 0.6 is 0 Å². The van der Waals surface area contributed by atoms with Gasteiger partial charge >= 0.3 is 11.9 Å². The van der Waals surface area contributed by atoms with E-state index in [0.29, 0.717) is 0 Å². The largest absolute Gasteiger partial charge is 0.481 e. The van der Waals surface area contributed by atoms with Gasteiger partial charge in [-0.25, -0.2) is 4.79 Å². The van der Waals surface area contributed by atoms with Crippen LogP contribution in [0.2, 0.25) is 0 Å². The number of hydrogen-bond acceptors (Lipinski definition) is 6. The Bertz CT molecular complexity index is 884. The highest BCUT2D eigenvalue weighted by Crippen LogP contribution is 2.29. The zero-order chi connectivity index (χ0) is 19.8. The van der Waals surface area contributed by atoms with Crippen LogP contribution in [-0.4, -0.2) is 18.5 Å². The van der Waals surface area contributed by atoms with Crippen molar-refractivity contribution >= 4 is 11.9 Å². The van der Waals surface area contributed by atoms with Gasteiger partial charge in [-0.3, -0.25) is 4.79 Å². The Morgan fingerprint density at radius 1 is 0.893 bits per heavy atom. The maximum Gasteiger partial charge on any atom is 0.383 e. The Morgan fingerprint density at radius 3 is 1.96 bits per heavy atom. The molecule has 0 spiro atoms. The molecule has 2 aromatic carbocycles. The van der Waals surface area contributed by atoms with Crippen molar-refractivity contribution in [3.63, 3.8) is 0 Å². The van der Waals surface area contributed by atoms with Crippen molar-refractivity contribution in [1.82, 2.24) is 0 Å². The minimum Gasteiger partial charge on any atom is -0.481 e. The number of carbonyl (C=O) groups is 2. The van der Waals surface area contributed by atoms with Crippen LogP contribution in [-0.2, 0) is 41.8 Å². The minimum atomic E-state index is -0.645. The molecule has 0 unspecified atom stereocenters. The van der Waals surface area contributed by atoms with Crippen LogP contribution in [0.4, 0.5) is 0 Å². The lowest BCUT2D eigenvalue weighted by atomic mass is 10.2. The second-order valence-electron chi connectivity index (χ2n) is 5.97. The van der Waals surface area contributed by atoms with Crippen LogP contribution < -0.4 is 0 Å². The Kier molecular flexibility index (Phi) is 6.46. The van der Waals surface area contributed by atoms with Gasteiger partial charge in [-0.1, -0.05) is 60.7 Å². The summed E-state index contributed by atoms with van der Waals surface area (Å²) in [6.45, 7) is 1.69. The maximum atomic E-state index is 12.3. The highest BCUT2D eigenvalue weighted by molar-refractivity contribution is 5.91. The monoisotopic (exact) mass is 380 g/mol. The molecule has 1 aliphatic rings. The number of carbonyl (C=O) groups excluding carboxylic acids is 2. The first-order chi connectivity index (χ1) is 13.6. The normalized spacial score (nSPS) is 14.8. The van der Waals surface area contributed by atoms with Crippen LogP contribution in [0, 0.1) is 0 Å². The number of esters is 2. The lowest BCUT2D eigenvalue weighted by Crippen LogP contribution is -2.04. The summed E-state index contributed by atoms with van der Waals surface area (Å²) >= 11 is 0. The molecule has 1 aliphatic heterocycles. The molecule has 3 rings (SSSR count). The van der Waals surface area contributed by atoms with Crippen LogP contribution in [0.3, 0.4) is 0 Å². The summed E-state index contributed by atoms with van der Waals surface area (Å²) in [6, 6.07) is 19.0. The van der Waals surface area contributed by atoms with E-state index in [4.69, 9.17) is 18.9 Å². The first-order valence-electron chi connectivity index (χ1n) is 8.77. The molecule has 2 aromatic rings. The van der Waals surface area contributed by atoms with E-state index in [0.717, 1.165) is 11.1 Å². The first-order valence-corrected chi connectivity index (χ1v) is 8.77. The molecule has 0 atom stereocenters. The molecule has 0 aliphatic carbocycles. The van der Waals surface area contributed by atoms with E-state index in [9.17, 15) is 9.59 Å². The van der Waals surface area contributed by atoms with Crippen molar-refractivity contribution in [1.29, 1.82) is 0 Å². The van der Waals surface area contributed by atoms with Crippen molar-refractivity contribution in [3.05, 3.63) is 95.1 Å². The molecule has 0 saturated heterocycles. The summed E-state index contributed by atoms with van der Waals surface area (Å²) in [7, 11) is 0. The van der Waals surface area contributed by atoms with Crippen LogP contribution in [0.15, 0.2) is 84.0 Å². The molecule has 0 aromatic heterocycles. The summed E-state index contributed by atoms with van der Waals surface area (Å²) < 4.78 is 21.7. The van der Waals surface area contributed by atoms with Gasteiger partial charge in [0.15, 0.2) is 5.76 Å². The number of benzene rings is 2. The minimum absolute atomic E-state index is 0.00569. The van der Waals surface area contributed by atoms with Gasteiger partial charge in [0.2, 0.25) is 5.76 Å². The summed E-state index contributed by atoms with van der Waals surface area (Å²) in [4.78, 5) is 23.3. The van der Waals surface area contributed by atoms with E-state index < -0.39 is 11.9 Å². The number of ether oxygens (including phenoxy) is 4. The lowest BCUT2D eigenvalue weighted by Gasteiger charge is -2.10. The highest BCUT2D eigenvalue weighted by atomic mass is 16.6. The fourth-order valence-electron chi connectivity index (χ4n) is 2.49. The average molecular weight is 380 g/mol. The molecule has 0 N–H and O–H groups in total. The molecule has 6 nitrogen and oxygen atoms in total. The molecule has 0 amide bonds. The Hall–Kier alpha value is -3.54. The molecule has 0 saturated carbocycles. The summed E-state index contributed by atoms with van der Waals surface area (Å²) in [5.74, 6) is -0.721. The van der Waals surface area contributed by atoms with Gasteiger partial charge in [0.25, 0.3) is 5.76 Å². The van der Waals surface area contributed by atoms with Gasteiger partial charge < -0.3 is 18.9 Å². The van der Waals surface area contributed by atoms with E-state index >= 15 is 0 Å². The van der Waals surface area contributed by atoms with Gasteiger partial charge in [-0.15, -0.1) is 0 Å². The molecule has 28 heavy (non-hydrogen) atoms. The lowest BCUT2D eigenvalue weighted by molar-refractivity contribution is -0.139. The van der Waals surface area contributed by atoms with Gasteiger partial charge in [-0.2, -0.15) is 0 Å². The Balaban J connectivity index is 1.79. The third-order valence-corrected chi connectivity index (χ3v) is 3.83. The maximum absolute atomic E-state index is 12.3. The quantitative estimate of drug-likeness (QED) is 0.651. The van der Waals surface area contributed by atoms with Gasteiger partial charge in [0, 0.05) is 6.92 Å². The van der Waals surface area contributed by atoms with Gasteiger partial charge in [0.05, 0.1) is 0 Å². The molecular formula is C22H20O6. The standard InChI is InChI=1S/C22H20O6/c1-16(23)25-13-12-19-20(26-14-17-8-4-2-5-9-17)21(22(24)28-19)27-15-18-10-6-3-7-11-18/h2-12H,13-15H2,1H3/b19-12+. The fraction of sp³-hybridized carbons (Fsp3) is 0.182. The summed E-state index contributed by atoms with van der Waals surface area (Å²) in [5.41, 5.74) is 1.83. The second-order valence-corrected chi connectivity index (χ2v) is 5.97. The van der Waals surface area contributed by atoms with Crippen molar-refractivity contribution < 1.29 is 28.5 Å². The molecule has 1 heterocycles. The van der Waals surface area contributed by atoms with Crippen molar-refractivity contribution in [2.24, 2.45) is 0 Å². The van der Waals surface area contributed by atoms with Crippen LogP contribution in [0.5, 0.6) is 0 Å². The van der Waals surface area contributed by atoms with E-state index in [1.165, 1.54) is 13.0 Å². The van der Waals surface area contributed by atoms with E-state index in [1.54, 1.807) is 0 Å².